The summed E-state index contributed by atoms with van der Waals surface area (Å²) in [6.07, 6.45) is 1.54. The number of hydrogen-bond donors (Lipinski definition) is 2. The SMILES string of the molecule is COc1ccc(OC)c(Nc2ccc(C(=O)NCc3ccccc3C)cn2)c1. The summed E-state index contributed by atoms with van der Waals surface area (Å²) in [4.78, 5) is 16.7. The second-order valence-corrected chi connectivity index (χ2v) is 6.23. The van der Waals surface area contributed by atoms with Gasteiger partial charge in [0, 0.05) is 18.8 Å². The maximum absolute atomic E-state index is 12.4. The second-order valence-electron chi connectivity index (χ2n) is 6.23. The number of amides is 1. The molecule has 1 heterocycles. The lowest BCUT2D eigenvalue weighted by Gasteiger charge is -2.12. The van der Waals surface area contributed by atoms with Gasteiger partial charge in [0.25, 0.3) is 5.91 Å². The molecule has 0 unspecified atom stereocenters. The van der Waals surface area contributed by atoms with E-state index < -0.39 is 0 Å². The van der Waals surface area contributed by atoms with Crippen molar-refractivity contribution in [3.63, 3.8) is 0 Å². The molecule has 0 spiro atoms. The maximum atomic E-state index is 12.4. The first-order valence-electron chi connectivity index (χ1n) is 8.88. The van der Waals surface area contributed by atoms with Gasteiger partial charge in [0.15, 0.2) is 0 Å². The van der Waals surface area contributed by atoms with E-state index in [9.17, 15) is 4.79 Å². The van der Waals surface area contributed by atoms with Crippen molar-refractivity contribution in [2.24, 2.45) is 0 Å². The summed E-state index contributed by atoms with van der Waals surface area (Å²) in [5.74, 6) is 1.81. The Labute approximate surface area is 164 Å². The molecule has 0 aliphatic rings. The van der Waals surface area contributed by atoms with E-state index >= 15 is 0 Å². The Hall–Kier alpha value is -3.54. The highest BCUT2D eigenvalue weighted by atomic mass is 16.5. The average Bonchev–Trinajstić information content (AvgIpc) is 2.73. The molecule has 0 atom stereocenters. The summed E-state index contributed by atoms with van der Waals surface area (Å²) >= 11 is 0. The first-order valence-corrected chi connectivity index (χ1v) is 8.88. The summed E-state index contributed by atoms with van der Waals surface area (Å²) in [5.41, 5.74) is 3.46. The van der Waals surface area contributed by atoms with Crippen LogP contribution in [0.2, 0.25) is 0 Å². The molecule has 6 heteroatoms. The van der Waals surface area contributed by atoms with Crippen LogP contribution in [0.5, 0.6) is 11.5 Å². The van der Waals surface area contributed by atoms with E-state index in [0.29, 0.717) is 29.4 Å². The number of nitrogens with one attached hydrogen (secondary N) is 2. The Morgan fingerprint density at radius 1 is 1.04 bits per heavy atom. The number of carbonyl (C=O) groups excluding carboxylic acids is 1. The Morgan fingerprint density at radius 2 is 1.86 bits per heavy atom. The van der Waals surface area contributed by atoms with Gasteiger partial charge in [-0.1, -0.05) is 24.3 Å². The van der Waals surface area contributed by atoms with E-state index in [1.54, 1.807) is 32.5 Å². The first-order chi connectivity index (χ1) is 13.6. The molecule has 0 aliphatic heterocycles. The summed E-state index contributed by atoms with van der Waals surface area (Å²) in [6, 6.07) is 16.9. The Balaban J connectivity index is 1.66. The Morgan fingerprint density at radius 3 is 2.54 bits per heavy atom. The fourth-order valence-corrected chi connectivity index (χ4v) is 2.74. The van der Waals surface area contributed by atoms with Crippen LogP contribution >= 0.6 is 0 Å². The number of aryl methyl sites for hydroxylation is 1. The molecule has 144 valence electrons. The lowest BCUT2D eigenvalue weighted by Crippen LogP contribution is -2.23. The quantitative estimate of drug-likeness (QED) is 0.649. The number of benzene rings is 2. The van der Waals surface area contributed by atoms with E-state index in [2.05, 4.69) is 15.6 Å². The highest BCUT2D eigenvalue weighted by Crippen LogP contribution is 2.30. The monoisotopic (exact) mass is 377 g/mol. The molecule has 1 amide bonds. The van der Waals surface area contributed by atoms with Crippen LogP contribution in [0.15, 0.2) is 60.8 Å². The van der Waals surface area contributed by atoms with Crippen molar-refractivity contribution in [1.82, 2.24) is 10.3 Å². The van der Waals surface area contributed by atoms with Crippen LogP contribution in [0, 0.1) is 6.92 Å². The zero-order valence-corrected chi connectivity index (χ0v) is 16.2. The van der Waals surface area contributed by atoms with E-state index in [1.807, 2.05) is 49.4 Å². The van der Waals surface area contributed by atoms with Gasteiger partial charge in [-0.15, -0.1) is 0 Å². The number of aromatic nitrogens is 1. The van der Waals surface area contributed by atoms with Crippen LogP contribution in [0.3, 0.4) is 0 Å². The summed E-state index contributed by atoms with van der Waals surface area (Å²) in [7, 11) is 3.20. The number of anilines is 2. The van der Waals surface area contributed by atoms with Gasteiger partial charge in [-0.25, -0.2) is 4.98 Å². The van der Waals surface area contributed by atoms with Crippen LogP contribution in [-0.2, 0) is 6.54 Å². The number of pyridine rings is 1. The third-order valence-electron chi connectivity index (χ3n) is 4.40. The van der Waals surface area contributed by atoms with Crippen molar-refractivity contribution in [2.45, 2.75) is 13.5 Å². The van der Waals surface area contributed by atoms with E-state index in [0.717, 1.165) is 16.8 Å². The van der Waals surface area contributed by atoms with Crippen LogP contribution in [-0.4, -0.2) is 25.1 Å². The van der Waals surface area contributed by atoms with Crippen molar-refractivity contribution in [2.75, 3.05) is 19.5 Å². The van der Waals surface area contributed by atoms with Gasteiger partial charge in [0.1, 0.15) is 17.3 Å². The van der Waals surface area contributed by atoms with Gasteiger partial charge in [-0.3, -0.25) is 4.79 Å². The minimum Gasteiger partial charge on any atom is -0.497 e. The lowest BCUT2D eigenvalue weighted by molar-refractivity contribution is 0.0950. The topological polar surface area (TPSA) is 72.5 Å². The number of carbonyl (C=O) groups is 1. The number of methoxy groups -OCH3 is 2. The van der Waals surface area contributed by atoms with Crippen molar-refractivity contribution in [1.29, 1.82) is 0 Å². The van der Waals surface area contributed by atoms with Gasteiger partial charge in [0.05, 0.1) is 25.5 Å². The molecular formula is C22H23N3O3. The van der Waals surface area contributed by atoms with E-state index in [4.69, 9.17) is 9.47 Å². The average molecular weight is 377 g/mol. The van der Waals surface area contributed by atoms with Gasteiger partial charge < -0.3 is 20.1 Å². The molecule has 0 saturated carbocycles. The largest absolute Gasteiger partial charge is 0.497 e. The minimum atomic E-state index is -0.165. The number of ether oxygens (including phenoxy) is 2. The molecule has 0 aliphatic carbocycles. The molecule has 0 bridgehead atoms. The second kappa shape index (κ2) is 8.90. The van der Waals surface area contributed by atoms with E-state index in [1.165, 1.54) is 0 Å². The normalized spacial score (nSPS) is 10.2. The Bertz CT molecular complexity index is 955. The molecule has 3 aromatic rings. The van der Waals surface area contributed by atoms with Crippen molar-refractivity contribution >= 4 is 17.4 Å². The fourth-order valence-electron chi connectivity index (χ4n) is 2.74. The molecule has 0 saturated heterocycles. The smallest absolute Gasteiger partial charge is 0.253 e. The highest BCUT2D eigenvalue weighted by molar-refractivity contribution is 5.94. The zero-order valence-electron chi connectivity index (χ0n) is 16.2. The molecule has 0 fully saturated rings. The standard InChI is InChI=1S/C22H23N3O3/c1-15-6-4-5-7-16(15)13-24-22(26)17-8-11-21(23-14-17)25-19-12-18(27-2)9-10-20(19)28-3/h4-12,14H,13H2,1-3H3,(H,23,25)(H,24,26). The number of rotatable bonds is 7. The fraction of sp³-hybridized carbons (Fsp3) is 0.182. The first kappa shape index (κ1) is 19.2. The lowest BCUT2D eigenvalue weighted by atomic mass is 10.1. The summed E-state index contributed by atoms with van der Waals surface area (Å²) in [5, 5.41) is 6.10. The van der Waals surface area contributed by atoms with Crippen LogP contribution < -0.4 is 20.1 Å². The molecule has 6 nitrogen and oxygen atoms in total. The third-order valence-corrected chi connectivity index (χ3v) is 4.40. The van der Waals surface area contributed by atoms with Crippen LogP contribution in [0.4, 0.5) is 11.5 Å². The van der Waals surface area contributed by atoms with Gasteiger partial charge >= 0.3 is 0 Å². The number of hydrogen-bond acceptors (Lipinski definition) is 5. The number of nitrogens with zero attached hydrogens (tertiary/aromatic N) is 1. The van der Waals surface area contributed by atoms with Crippen molar-refractivity contribution in [3.05, 3.63) is 77.5 Å². The predicted octanol–water partition coefficient (Wildman–Crippen LogP) is 4.08. The van der Waals surface area contributed by atoms with Crippen LogP contribution in [0.25, 0.3) is 0 Å². The molecule has 28 heavy (non-hydrogen) atoms. The minimum absolute atomic E-state index is 0.165. The van der Waals surface area contributed by atoms with Crippen molar-refractivity contribution in [3.8, 4) is 11.5 Å². The van der Waals surface area contributed by atoms with Crippen LogP contribution in [0.1, 0.15) is 21.5 Å². The zero-order chi connectivity index (χ0) is 19.9. The molecule has 0 radical (unpaired) electrons. The van der Waals surface area contributed by atoms with Gasteiger partial charge in [-0.2, -0.15) is 0 Å². The molecule has 1 aromatic heterocycles. The molecule has 2 N–H and O–H groups in total. The highest BCUT2D eigenvalue weighted by Gasteiger charge is 2.09. The van der Waals surface area contributed by atoms with E-state index in [-0.39, 0.29) is 5.91 Å². The maximum Gasteiger partial charge on any atom is 0.253 e. The molecular weight excluding hydrogens is 354 g/mol. The summed E-state index contributed by atoms with van der Waals surface area (Å²) < 4.78 is 10.6. The van der Waals surface area contributed by atoms with Gasteiger partial charge in [-0.05, 0) is 42.3 Å². The third kappa shape index (κ3) is 4.59. The molecule has 3 rings (SSSR count). The Kier molecular flexibility index (Phi) is 6.11. The van der Waals surface area contributed by atoms with Crippen molar-refractivity contribution < 1.29 is 14.3 Å². The predicted molar refractivity (Wildman–Crippen MR) is 109 cm³/mol. The molecule has 2 aromatic carbocycles. The summed E-state index contributed by atoms with van der Waals surface area (Å²) in [6.45, 7) is 2.50. The van der Waals surface area contributed by atoms with Gasteiger partial charge in [0.2, 0.25) is 0 Å².